The van der Waals surface area contributed by atoms with Gasteiger partial charge in [0.15, 0.2) is 0 Å². The molecule has 0 N–H and O–H groups in total. The van der Waals surface area contributed by atoms with Gasteiger partial charge in [-0.1, -0.05) is 38.1 Å². The summed E-state index contributed by atoms with van der Waals surface area (Å²) < 4.78 is 13.2. The molecule has 1 nitrogen and oxygen atoms in total. The lowest BCUT2D eigenvalue weighted by atomic mass is 10.1. The van der Waals surface area contributed by atoms with E-state index in [2.05, 4.69) is 4.98 Å². The van der Waals surface area contributed by atoms with Gasteiger partial charge in [0, 0.05) is 23.5 Å². The highest BCUT2D eigenvalue weighted by Gasteiger charge is 2.01. The van der Waals surface area contributed by atoms with Gasteiger partial charge in [0.2, 0.25) is 0 Å². The zero-order valence-electron chi connectivity index (χ0n) is 8.94. The summed E-state index contributed by atoms with van der Waals surface area (Å²) >= 11 is 0. The third-order valence-electron chi connectivity index (χ3n) is 1.85. The largest absolute Gasteiger partial charge is 0.264 e. The highest BCUT2D eigenvalue weighted by molar-refractivity contribution is 5.62. The summed E-state index contributed by atoms with van der Waals surface area (Å²) in [7, 11) is 0. The van der Waals surface area contributed by atoms with Gasteiger partial charge in [-0.3, -0.25) is 4.98 Å². The number of hydrogen-bond acceptors (Lipinski definition) is 1. The number of nitrogens with zero attached hydrogens (tertiary/aromatic N) is 1. The van der Waals surface area contributed by atoms with Crippen molar-refractivity contribution < 1.29 is 4.39 Å². The number of aromatic nitrogens is 1. The summed E-state index contributed by atoms with van der Waals surface area (Å²) in [6, 6.07) is 10.3. The molecule has 15 heavy (non-hydrogen) atoms. The van der Waals surface area contributed by atoms with Crippen molar-refractivity contribution in [3.8, 4) is 11.1 Å². The average molecular weight is 203 g/mol. The highest BCUT2D eigenvalue weighted by atomic mass is 19.1. The number of halogens is 1. The Bertz CT molecular complexity index is 398. The molecule has 0 bridgehead atoms. The Morgan fingerprint density at radius 1 is 1.00 bits per heavy atom. The fraction of sp³-hybridized carbons (Fsp3) is 0.154. The van der Waals surface area contributed by atoms with Crippen LogP contribution in [0.5, 0.6) is 0 Å². The van der Waals surface area contributed by atoms with Gasteiger partial charge >= 0.3 is 0 Å². The topological polar surface area (TPSA) is 12.9 Å². The van der Waals surface area contributed by atoms with E-state index in [0.29, 0.717) is 5.56 Å². The van der Waals surface area contributed by atoms with E-state index in [0.717, 1.165) is 5.56 Å². The van der Waals surface area contributed by atoms with Gasteiger partial charge in [0.25, 0.3) is 0 Å². The lowest BCUT2D eigenvalue weighted by molar-refractivity contribution is 0.631. The molecule has 0 fully saturated rings. The summed E-state index contributed by atoms with van der Waals surface area (Å²) in [6.07, 6.45) is 3.32. The first-order valence-electron chi connectivity index (χ1n) is 5.03. The molecule has 1 aromatic heterocycles. The molecular weight excluding hydrogens is 189 g/mol. The molecule has 78 valence electrons. The maximum absolute atomic E-state index is 13.2. The third kappa shape index (κ3) is 2.88. The number of pyridine rings is 1. The van der Waals surface area contributed by atoms with Crippen LogP contribution in [0, 0.1) is 5.82 Å². The zero-order chi connectivity index (χ0) is 11.1. The van der Waals surface area contributed by atoms with E-state index in [1.807, 2.05) is 26.0 Å². The molecule has 2 rings (SSSR count). The van der Waals surface area contributed by atoms with Crippen molar-refractivity contribution >= 4 is 0 Å². The van der Waals surface area contributed by atoms with Crippen molar-refractivity contribution in [3.63, 3.8) is 0 Å². The predicted molar refractivity (Wildman–Crippen MR) is 61.0 cm³/mol. The Labute approximate surface area is 89.6 Å². The van der Waals surface area contributed by atoms with E-state index in [1.54, 1.807) is 30.6 Å². The van der Waals surface area contributed by atoms with Crippen LogP contribution in [-0.2, 0) is 0 Å². The van der Waals surface area contributed by atoms with Gasteiger partial charge in [-0.15, -0.1) is 0 Å². The van der Waals surface area contributed by atoms with Crippen LogP contribution >= 0.6 is 0 Å². The monoisotopic (exact) mass is 203 g/mol. The van der Waals surface area contributed by atoms with Crippen molar-refractivity contribution in [1.29, 1.82) is 0 Å². The fourth-order valence-electron chi connectivity index (χ4n) is 1.22. The van der Waals surface area contributed by atoms with Crippen LogP contribution < -0.4 is 0 Å². The lowest BCUT2D eigenvalue weighted by Crippen LogP contribution is -1.83. The Hall–Kier alpha value is -1.70. The second-order valence-corrected chi connectivity index (χ2v) is 2.72. The predicted octanol–water partition coefficient (Wildman–Crippen LogP) is 3.91. The van der Waals surface area contributed by atoms with E-state index in [4.69, 9.17) is 0 Å². The van der Waals surface area contributed by atoms with Crippen LogP contribution in [0.2, 0.25) is 0 Å². The van der Waals surface area contributed by atoms with Gasteiger partial charge in [0.05, 0.1) is 0 Å². The highest BCUT2D eigenvalue weighted by Crippen LogP contribution is 2.20. The first kappa shape index (κ1) is 11.4. The van der Waals surface area contributed by atoms with Crippen LogP contribution in [0.3, 0.4) is 0 Å². The molecule has 0 radical (unpaired) electrons. The number of benzene rings is 1. The van der Waals surface area contributed by atoms with Crippen LogP contribution in [0.4, 0.5) is 4.39 Å². The van der Waals surface area contributed by atoms with Gasteiger partial charge < -0.3 is 0 Å². The quantitative estimate of drug-likeness (QED) is 0.684. The molecule has 0 amide bonds. The molecule has 2 heteroatoms. The standard InChI is InChI=1S/C11H8FN.C2H6/c12-11-6-2-1-5-10(11)9-4-3-7-13-8-9;1-2/h1-8H;1-2H3. The average Bonchev–Trinajstić information content (AvgIpc) is 2.33. The Kier molecular flexibility index (Phi) is 4.48. The fourth-order valence-corrected chi connectivity index (χ4v) is 1.22. The Morgan fingerprint density at radius 2 is 1.73 bits per heavy atom. The van der Waals surface area contributed by atoms with Crippen molar-refractivity contribution in [1.82, 2.24) is 4.98 Å². The zero-order valence-corrected chi connectivity index (χ0v) is 8.94. The Balaban J connectivity index is 0.000000531. The second-order valence-electron chi connectivity index (χ2n) is 2.72. The van der Waals surface area contributed by atoms with E-state index in [-0.39, 0.29) is 5.82 Å². The maximum atomic E-state index is 13.2. The minimum atomic E-state index is -0.212. The van der Waals surface area contributed by atoms with E-state index < -0.39 is 0 Å². The molecule has 0 spiro atoms. The van der Waals surface area contributed by atoms with Gasteiger partial charge in [0.1, 0.15) is 5.82 Å². The second kappa shape index (κ2) is 5.91. The summed E-state index contributed by atoms with van der Waals surface area (Å²) in [5.41, 5.74) is 1.40. The molecule has 1 aromatic carbocycles. The minimum Gasteiger partial charge on any atom is -0.264 e. The third-order valence-corrected chi connectivity index (χ3v) is 1.85. The first-order chi connectivity index (χ1) is 7.38. The normalized spacial score (nSPS) is 9.00. The summed E-state index contributed by atoms with van der Waals surface area (Å²) in [5, 5.41) is 0. The van der Waals surface area contributed by atoms with Crippen LogP contribution in [0.1, 0.15) is 13.8 Å². The molecule has 0 saturated heterocycles. The smallest absolute Gasteiger partial charge is 0.131 e. The summed E-state index contributed by atoms with van der Waals surface area (Å²) in [5.74, 6) is -0.212. The lowest BCUT2D eigenvalue weighted by Gasteiger charge is -2.00. The first-order valence-corrected chi connectivity index (χ1v) is 5.03. The van der Waals surface area contributed by atoms with Crippen LogP contribution in [-0.4, -0.2) is 4.98 Å². The van der Waals surface area contributed by atoms with Crippen LogP contribution in [0.25, 0.3) is 11.1 Å². The molecular formula is C13H14FN. The van der Waals surface area contributed by atoms with Crippen molar-refractivity contribution in [2.24, 2.45) is 0 Å². The van der Waals surface area contributed by atoms with Crippen molar-refractivity contribution in [3.05, 3.63) is 54.6 Å². The summed E-state index contributed by atoms with van der Waals surface area (Å²) in [6.45, 7) is 4.00. The molecule has 0 unspecified atom stereocenters. The number of hydrogen-bond donors (Lipinski definition) is 0. The van der Waals surface area contributed by atoms with E-state index in [9.17, 15) is 4.39 Å². The molecule has 0 aliphatic heterocycles. The Morgan fingerprint density at radius 3 is 2.33 bits per heavy atom. The van der Waals surface area contributed by atoms with Gasteiger partial charge in [-0.05, 0) is 12.1 Å². The molecule has 1 heterocycles. The van der Waals surface area contributed by atoms with E-state index >= 15 is 0 Å². The molecule has 2 aromatic rings. The molecule has 0 aliphatic carbocycles. The maximum Gasteiger partial charge on any atom is 0.131 e. The summed E-state index contributed by atoms with van der Waals surface area (Å²) in [4.78, 5) is 3.94. The van der Waals surface area contributed by atoms with Crippen molar-refractivity contribution in [2.75, 3.05) is 0 Å². The molecule has 0 aliphatic rings. The SMILES string of the molecule is CC.Fc1ccccc1-c1cccnc1. The minimum absolute atomic E-state index is 0.212. The van der Waals surface area contributed by atoms with E-state index in [1.165, 1.54) is 6.07 Å². The molecule has 0 saturated carbocycles. The van der Waals surface area contributed by atoms with Crippen LogP contribution in [0.15, 0.2) is 48.8 Å². The van der Waals surface area contributed by atoms with Gasteiger partial charge in [-0.2, -0.15) is 0 Å². The molecule has 0 atom stereocenters. The van der Waals surface area contributed by atoms with Gasteiger partial charge in [-0.25, -0.2) is 4.39 Å². The van der Waals surface area contributed by atoms with Crippen molar-refractivity contribution in [2.45, 2.75) is 13.8 Å². The number of rotatable bonds is 1.